The standard InChI is InChI=1S/C8H15N.C2H6/c1-9-6-8(7-9)4-2-3-5-8;1-2/h2-7H2,1H3;1-2H3. The van der Waals surface area contributed by atoms with E-state index in [1.54, 1.807) is 0 Å². The minimum absolute atomic E-state index is 0.814. The Hall–Kier alpha value is -0.0400. The van der Waals surface area contributed by atoms with Gasteiger partial charge in [0.2, 0.25) is 0 Å². The number of hydrogen-bond acceptors (Lipinski definition) is 1. The summed E-state index contributed by atoms with van der Waals surface area (Å²) in [7, 11) is 2.23. The summed E-state index contributed by atoms with van der Waals surface area (Å²) in [6, 6.07) is 0. The first-order valence-corrected chi connectivity index (χ1v) is 4.99. The zero-order valence-electron chi connectivity index (χ0n) is 8.19. The van der Waals surface area contributed by atoms with Crippen molar-refractivity contribution in [3.8, 4) is 0 Å². The molecular weight excluding hydrogens is 134 g/mol. The first-order valence-electron chi connectivity index (χ1n) is 4.99. The molecule has 1 spiro atoms. The highest BCUT2D eigenvalue weighted by molar-refractivity contribution is 4.96. The van der Waals surface area contributed by atoms with E-state index >= 15 is 0 Å². The van der Waals surface area contributed by atoms with Gasteiger partial charge in [0.25, 0.3) is 0 Å². The van der Waals surface area contributed by atoms with Gasteiger partial charge >= 0.3 is 0 Å². The van der Waals surface area contributed by atoms with Crippen LogP contribution in [0.15, 0.2) is 0 Å². The number of hydrogen-bond donors (Lipinski definition) is 0. The molecule has 0 unspecified atom stereocenters. The molecule has 1 aliphatic carbocycles. The van der Waals surface area contributed by atoms with Gasteiger partial charge in [-0.3, -0.25) is 0 Å². The molecule has 2 fully saturated rings. The van der Waals surface area contributed by atoms with E-state index in [0.29, 0.717) is 0 Å². The van der Waals surface area contributed by atoms with E-state index < -0.39 is 0 Å². The van der Waals surface area contributed by atoms with E-state index in [2.05, 4.69) is 11.9 Å². The van der Waals surface area contributed by atoms with Crippen LogP contribution in [0.25, 0.3) is 0 Å². The van der Waals surface area contributed by atoms with Gasteiger partial charge in [0.15, 0.2) is 0 Å². The second kappa shape index (κ2) is 3.57. The molecule has 11 heavy (non-hydrogen) atoms. The Morgan fingerprint density at radius 2 is 1.45 bits per heavy atom. The number of nitrogens with zero attached hydrogens (tertiary/aromatic N) is 1. The molecule has 0 N–H and O–H groups in total. The van der Waals surface area contributed by atoms with Crippen molar-refractivity contribution in [2.45, 2.75) is 39.5 Å². The molecule has 0 aromatic carbocycles. The third-order valence-electron chi connectivity index (χ3n) is 2.87. The number of likely N-dealkylation sites (tertiary alicyclic amines) is 1. The molecule has 0 aromatic heterocycles. The monoisotopic (exact) mass is 155 g/mol. The van der Waals surface area contributed by atoms with Gasteiger partial charge in [-0.25, -0.2) is 0 Å². The first-order chi connectivity index (χ1) is 5.31. The van der Waals surface area contributed by atoms with Gasteiger partial charge in [0, 0.05) is 13.1 Å². The zero-order chi connectivity index (χ0) is 8.32. The average Bonchev–Trinajstić information content (AvgIpc) is 2.40. The van der Waals surface area contributed by atoms with Crippen LogP contribution in [0.3, 0.4) is 0 Å². The number of rotatable bonds is 0. The lowest BCUT2D eigenvalue weighted by atomic mass is 9.79. The third-order valence-corrected chi connectivity index (χ3v) is 2.87. The maximum absolute atomic E-state index is 2.44. The van der Waals surface area contributed by atoms with E-state index in [9.17, 15) is 0 Å². The lowest BCUT2D eigenvalue weighted by Crippen LogP contribution is -2.52. The van der Waals surface area contributed by atoms with Crippen LogP contribution in [0.5, 0.6) is 0 Å². The molecule has 1 saturated carbocycles. The van der Waals surface area contributed by atoms with E-state index in [1.165, 1.54) is 38.8 Å². The second-order valence-corrected chi connectivity index (χ2v) is 3.88. The van der Waals surface area contributed by atoms with Gasteiger partial charge in [-0.1, -0.05) is 26.7 Å². The fraction of sp³-hybridized carbons (Fsp3) is 1.00. The van der Waals surface area contributed by atoms with E-state index in [1.807, 2.05) is 13.8 Å². The predicted octanol–water partition coefficient (Wildman–Crippen LogP) is 2.52. The SMILES string of the molecule is CC.CN1CC2(CCCC2)C1. The molecule has 0 bridgehead atoms. The summed E-state index contributed by atoms with van der Waals surface area (Å²) in [4.78, 5) is 2.44. The fourth-order valence-electron chi connectivity index (χ4n) is 2.54. The summed E-state index contributed by atoms with van der Waals surface area (Å²) < 4.78 is 0. The molecule has 0 atom stereocenters. The van der Waals surface area contributed by atoms with Gasteiger partial charge in [-0.05, 0) is 25.3 Å². The minimum atomic E-state index is 0.814. The molecule has 1 saturated heterocycles. The third kappa shape index (κ3) is 1.76. The Labute approximate surface area is 70.8 Å². The van der Waals surface area contributed by atoms with Crippen molar-refractivity contribution in [3.05, 3.63) is 0 Å². The minimum Gasteiger partial charge on any atom is -0.305 e. The summed E-state index contributed by atoms with van der Waals surface area (Å²) in [5.41, 5.74) is 0.814. The lowest BCUT2D eigenvalue weighted by molar-refractivity contribution is 0.0289. The first kappa shape index (κ1) is 9.05. The Kier molecular flexibility index (Phi) is 2.94. The molecule has 1 aliphatic heterocycles. The van der Waals surface area contributed by atoms with E-state index in [-0.39, 0.29) is 0 Å². The highest BCUT2D eigenvalue weighted by atomic mass is 15.2. The molecular formula is C10H21N. The summed E-state index contributed by atoms with van der Waals surface area (Å²) in [6.07, 6.45) is 6.01. The summed E-state index contributed by atoms with van der Waals surface area (Å²) in [5, 5.41) is 0. The lowest BCUT2D eigenvalue weighted by Gasteiger charge is -2.46. The van der Waals surface area contributed by atoms with Crippen LogP contribution in [0.1, 0.15) is 39.5 Å². The summed E-state index contributed by atoms with van der Waals surface area (Å²) in [6.45, 7) is 6.76. The maximum Gasteiger partial charge on any atom is 0.00474 e. The Morgan fingerprint density at radius 3 is 1.82 bits per heavy atom. The van der Waals surface area contributed by atoms with Gasteiger partial charge in [0.05, 0.1) is 0 Å². The zero-order valence-corrected chi connectivity index (χ0v) is 8.19. The van der Waals surface area contributed by atoms with E-state index in [0.717, 1.165) is 5.41 Å². The molecule has 1 heteroatoms. The fourth-order valence-corrected chi connectivity index (χ4v) is 2.54. The van der Waals surface area contributed by atoms with Crippen molar-refractivity contribution in [1.82, 2.24) is 4.90 Å². The Morgan fingerprint density at radius 1 is 1.00 bits per heavy atom. The van der Waals surface area contributed by atoms with Crippen molar-refractivity contribution in [2.24, 2.45) is 5.41 Å². The van der Waals surface area contributed by atoms with Crippen LogP contribution >= 0.6 is 0 Å². The quantitative estimate of drug-likeness (QED) is 0.519. The summed E-state index contributed by atoms with van der Waals surface area (Å²) in [5.74, 6) is 0. The topological polar surface area (TPSA) is 3.24 Å². The molecule has 1 heterocycles. The van der Waals surface area contributed by atoms with Crippen LogP contribution in [0, 0.1) is 5.41 Å². The molecule has 2 aliphatic rings. The molecule has 0 aromatic rings. The van der Waals surface area contributed by atoms with Gasteiger partial charge in [0.1, 0.15) is 0 Å². The van der Waals surface area contributed by atoms with Gasteiger partial charge in [-0.2, -0.15) is 0 Å². The Bertz CT molecular complexity index is 106. The van der Waals surface area contributed by atoms with Crippen molar-refractivity contribution in [2.75, 3.05) is 20.1 Å². The second-order valence-electron chi connectivity index (χ2n) is 3.88. The van der Waals surface area contributed by atoms with Crippen LogP contribution in [-0.4, -0.2) is 25.0 Å². The summed E-state index contributed by atoms with van der Waals surface area (Å²) >= 11 is 0. The molecule has 2 rings (SSSR count). The van der Waals surface area contributed by atoms with Crippen molar-refractivity contribution < 1.29 is 0 Å². The average molecular weight is 155 g/mol. The van der Waals surface area contributed by atoms with Crippen molar-refractivity contribution in [1.29, 1.82) is 0 Å². The van der Waals surface area contributed by atoms with Crippen molar-refractivity contribution >= 4 is 0 Å². The van der Waals surface area contributed by atoms with Gasteiger partial charge < -0.3 is 4.90 Å². The van der Waals surface area contributed by atoms with Crippen LogP contribution < -0.4 is 0 Å². The van der Waals surface area contributed by atoms with E-state index in [4.69, 9.17) is 0 Å². The molecule has 66 valence electrons. The molecule has 1 nitrogen and oxygen atoms in total. The van der Waals surface area contributed by atoms with Gasteiger partial charge in [-0.15, -0.1) is 0 Å². The predicted molar refractivity (Wildman–Crippen MR) is 49.7 cm³/mol. The highest BCUT2D eigenvalue weighted by Crippen LogP contribution is 2.44. The normalized spacial score (nSPS) is 27.5. The van der Waals surface area contributed by atoms with Crippen molar-refractivity contribution in [3.63, 3.8) is 0 Å². The Balaban J connectivity index is 0.000000281. The molecule has 0 amide bonds. The largest absolute Gasteiger partial charge is 0.305 e. The smallest absolute Gasteiger partial charge is 0.00474 e. The maximum atomic E-state index is 2.44. The van der Waals surface area contributed by atoms with Crippen LogP contribution in [0.4, 0.5) is 0 Å². The molecule has 0 radical (unpaired) electrons. The van der Waals surface area contributed by atoms with Crippen LogP contribution in [-0.2, 0) is 0 Å². The van der Waals surface area contributed by atoms with Crippen LogP contribution in [0.2, 0.25) is 0 Å². The highest BCUT2D eigenvalue weighted by Gasteiger charge is 2.42.